The molecule has 23 heavy (non-hydrogen) atoms. The number of carbonyl (C=O) groups is 1. The summed E-state index contributed by atoms with van der Waals surface area (Å²) in [7, 11) is 1.62. The van der Waals surface area contributed by atoms with E-state index in [1.54, 1.807) is 7.11 Å². The van der Waals surface area contributed by atoms with Crippen LogP contribution in [-0.4, -0.2) is 31.3 Å². The van der Waals surface area contributed by atoms with Crippen LogP contribution in [0.4, 0.5) is 0 Å². The number of carboxylic acid groups (broad SMARTS) is 1. The van der Waals surface area contributed by atoms with E-state index in [0.29, 0.717) is 38.3 Å². The highest BCUT2D eigenvalue weighted by atomic mass is 16.5. The quantitative estimate of drug-likeness (QED) is 0.653. The van der Waals surface area contributed by atoms with E-state index in [9.17, 15) is 9.90 Å². The minimum absolute atomic E-state index is 0.450. The lowest BCUT2D eigenvalue weighted by Crippen LogP contribution is -2.40. The number of carboxylic acids is 1. The van der Waals surface area contributed by atoms with Crippen molar-refractivity contribution < 1.29 is 19.4 Å². The van der Waals surface area contributed by atoms with Crippen molar-refractivity contribution in [2.24, 2.45) is 5.41 Å². The molecule has 0 bridgehead atoms. The van der Waals surface area contributed by atoms with Crippen molar-refractivity contribution in [1.82, 2.24) is 5.32 Å². The zero-order valence-corrected chi connectivity index (χ0v) is 14.6. The Bertz CT molecular complexity index is 498. The first-order valence-corrected chi connectivity index (χ1v) is 8.26. The number of hydrogen-bond donors (Lipinski definition) is 2. The van der Waals surface area contributed by atoms with Crippen molar-refractivity contribution in [3.8, 4) is 11.5 Å². The van der Waals surface area contributed by atoms with Crippen LogP contribution in [0, 0.1) is 5.41 Å². The number of nitrogens with one attached hydrogen (secondary N) is 1. The maximum Gasteiger partial charge on any atom is 0.310 e. The third kappa shape index (κ3) is 5.13. The zero-order valence-electron chi connectivity index (χ0n) is 14.6. The predicted octanol–water partition coefficient (Wildman–Crippen LogP) is 3.46. The highest BCUT2D eigenvalue weighted by molar-refractivity contribution is 5.74. The van der Waals surface area contributed by atoms with Gasteiger partial charge in [0.25, 0.3) is 0 Å². The van der Waals surface area contributed by atoms with Crippen LogP contribution in [0.25, 0.3) is 0 Å². The Labute approximate surface area is 139 Å². The molecule has 0 spiro atoms. The molecule has 5 heteroatoms. The van der Waals surface area contributed by atoms with Gasteiger partial charge < -0.3 is 19.9 Å². The second-order valence-corrected chi connectivity index (χ2v) is 5.73. The molecule has 0 atom stereocenters. The van der Waals surface area contributed by atoms with Crippen LogP contribution in [0.5, 0.6) is 11.5 Å². The van der Waals surface area contributed by atoms with E-state index >= 15 is 0 Å². The molecule has 1 aromatic rings. The molecule has 130 valence electrons. The van der Waals surface area contributed by atoms with Gasteiger partial charge in [0.2, 0.25) is 0 Å². The number of ether oxygens (including phenoxy) is 2. The van der Waals surface area contributed by atoms with Gasteiger partial charge in [-0.15, -0.1) is 0 Å². The maximum atomic E-state index is 11.5. The molecule has 5 nitrogen and oxygen atoms in total. The molecule has 0 heterocycles. The van der Waals surface area contributed by atoms with E-state index in [1.807, 2.05) is 32.0 Å². The molecule has 2 N–H and O–H groups in total. The molecule has 0 radical (unpaired) electrons. The summed E-state index contributed by atoms with van der Waals surface area (Å²) in [4.78, 5) is 11.5. The molecule has 0 saturated carbocycles. The number of benzene rings is 1. The van der Waals surface area contributed by atoms with Crippen molar-refractivity contribution in [2.45, 2.75) is 46.6 Å². The monoisotopic (exact) mass is 323 g/mol. The van der Waals surface area contributed by atoms with Crippen LogP contribution in [-0.2, 0) is 11.3 Å². The van der Waals surface area contributed by atoms with Gasteiger partial charge in [0, 0.05) is 13.1 Å². The van der Waals surface area contributed by atoms with Crippen molar-refractivity contribution in [2.75, 3.05) is 20.3 Å². The van der Waals surface area contributed by atoms with Gasteiger partial charge in [-0.05, 0) is 37.0 Å². The summed E-state index contributed by atoms with van der Waals surface area (Å²) < 4.78 is 11.0. The summed E-state index contributed by atoms with van der Waals surface area (Å²) in [5.41, 5.74) is 0.339. The third-order valence-electron chi connectivity index (χ3n) is 4.29. The third-order valence-corrected chi connectivity index (χ3v) is 4.29. The van der Waals surface area contributed by atoms with Gasteiger partial charge in [0.05, 0.1) is 19.1 Å². The number of rotatable bonds is 11. The standard InChI is InChI=1S/C18H29NO4/c1-5-10-23-15-9-8-14(11-16(15)22-4)12-19-13-18(6-2,7-3)17(20)21/h8-9,11,19H,5-7,10,12-13H2,1-4H3,(H,20,21). The van der Waals surface area contributed by atoms with Crippen LogP contribution in [0.15, 0.2) is 18.2 Å². The van der Waals surface area contributed by atoms with Gasteiger partial charge in [-0.1, -0.05) is 26.8 Å². The van der Waals surface area contributed by atoms with Gasteiger partial charge in [0.15, 0.2) is 11.5 Å². The SMILES string of the molecule is CCCOc1ccc(CNCC(CC)(CC)C(=O)O)cc1OC. The first-order valence-electron chi connectivity index (χ1n) is 8.26. The fourth-order valence-electron chi connectivity index (χ4n) is 2.48. The fourth-order valence-corrected chi connectivity index (χ4v) is 2.48. The Morgan fingerprint density at radius 2 is 1.91 bits per heavy atom. The van der Waals surface area contributed by atoms with E-state index in [0.717, 1.165) is 17.7 Å². The second-order valence-electron chi connectivity index (χ2n) is 5.73. The Morgan fingerprint density at radius 1 is 1.22 bits per heavy atom. The molecule has 0 aliphatic rings. The van der Waals surface area contributed by atoms with Crippen molar-refractivity contribution in [3.63, 3.8) is 0 Å². The van der Waals surface area contributed by atoms with Gasteiger partial charge >= 0.3 is 5.97 Å². The van der Waals surface area contributed by atoms with E-state index in [2.05, 4.69) is 12.2 Å². The van der Waals surface area contributed by atoms with E-state index in [-0.39, 0.29) is 0 Å². The molecule has 1 rings (SSSR count). The summed E-state index contributed by atoms with van der Waals surface area (Å²) in [5, 5.41) is 12.7. The normalized spacial score (nSPS) is 11.3. The smallest absolute Gasteiger partial charge is 0.310 e. The summed E-state index contributed by atoms with van der Waals surface area (Å²) in [6.45, 7) is 7.60. The molecular weight excluding hydrogens is 294 g/mol. The number of methoxy groups -OCH3 is 1. The largest absolute Gasteiger partial charge is 0.493 e. The predicted molar refractivity (Wildman–Crippen MR) is 91.1 cm³/mol. The lowest BCUT2D eigenvalue weighted by molar-refractivity contribution is -0.149. The van der Waals surface area contributed by atoms with Crippen LogP contribution in [0.2, 0.25) is 0 Å². The molecule has 0 saturated heterocycles. The van der Waals surface area contributed by atoms with Gasteiger partial charge in [-0.3, -0.25) is 4.79 Å². The minimum Gasteiger partial charge on any atom is -0.493 e. The summed E-state index contributed by atoms with van der Waals surface area (Å²) in [5.74, 6) is 0.698. The number of hydrogen-bond acceptors (Lipinski definition) is 4. The van der Waals surface area contributed by atoms with Crippen LogP contribution in [0.1, 0.15) is 45.6 Å². The Kier molecular flexibility index (Phi) is 7.89. The van der Waals surface area contributed by atoms with Crippen molar-refractivity contribution >= 4 is 5.97 Å². The molecule has 0 aliphatic heterocycles. The van der Waals surface area contributed by atoms with Gasteiger partial charge in [-0.2, -0.15) is 0 Å². The van der Waals surface area contributed by atoms with Crippen LogP contribution in [0.3, 0.4) is 0 Å². The first-order chi connectivity index (χ1) is 11.0. The zero-order chi connectivity index (χ0) is 17.3. The average Bonchev–Trinajstić information content (AvgIpc) is 2.57. The minimum atomic E-state index is -0.740. The number of aliphatic carboxylic acids is 1. The maximum absolute atomic E-state index is 11.5. The van der Waals surface area contributed by atoms with Crippen molar-refractivity contribution in [1.29, 1.82) is 0 Å². The Hall–Kier alpha value is -1.75. The van der Waals surface area contributed by atoms with E-state index < -0.39 is 11.4 Å². The second kappa shape index (κ2) is 9.40. The molecule has 1 aromatic carbocycles. The molecule has 0 fully saturated rings. The Morgan fingerprint density at radius 3 is 2.43 bits per heavy atom. The summed E-state index contributed by atoms with van der Waals surface area (Å²) in [6, 6.07) is 5.80. The Balaban J connectivity index is 2.69. The molecule has 0 amide bonds. The topological polar surface area (TPSA) is 67.8 Å². The van der Waals surface area contributed by atoms with Crippen LogP contribution >= 0.6 is 0 Å². The average molecular weight is 323 g/mol. The lowest BCUT2D eigenvalue weighted by atomic mass is 9.82. The summed E-state index contributed by atoms with van der Waals surface area (Å²) in [6.07, 6.45) is 2.16. The van der Waals surface area contributed by atoms with Crippen molar-refractivity contribution in [3.05, 3.63) is 23.8 Å². The summed E-state index contributed by atoms with van der Waals surface area (Å²) >= 11 is 0. The van der Waals surface area contributed by atoms with E-state index in [4.69, 9.17) is 9.47 Å². The van der Waals surface area contributed by atoms with Crippen LogP contribution < -0.4 is 14.8 Å². The highest BCUT2D eigenvalue weighted by Gasteiger charge is 2.34. The van der Waals surface area contributed by atoms with Gasteiger partial charge in [-0.25, -0.2) is 0 Å². The van der Waals surface area contributed by atoms with E-state index in [1.165, 1.54) is 0 Å². The highest BCUT2D eigenvalue weighted by Crippen LogP contribution is 2.29. The first kappa shape index (κ1) is 19.3. The molecular formula is C18H29NO4. The lowest BCUT2D eigenvalue weighted by Gasteiger charge is -2.27. The fraction of sp³-hybridized carbons (Fsp3) is 0.611. The molecule has 0 aromatic heterocycles. The molecule has 0 unspecified atom stereocenters. The molecule has 0 aliphatic carbocycles. The van der Waals surface area contributed by atoms with Gasteiger partial charge in [0.1, 0.15) is 0 Å².